The second kappa shape index (κ2) is 10.8. The second-order valence-corrected chi connectivity index (χ2v) is 8.80. The van der Waals surface area contributed by atoms with Gasteiger partial charge >= 0.3 is 6.09 Å². The molecule has 158 valence electrons. The minimum atomic E-state index is -0.519. The first kappa shape index (κ1) is 22.7. The molecule has 0 aliphatic carbocycles. The van der Waals surface area contributed by atoms with Crippen molar-refractivity contribution in [3.05, 3.63) is 23.9 Å². The molecule has 1 unspecified atom stereocenters. The number of rotatable bonds is 8. The molecular formula is C23H39N3O2. The third-order valence-corrected chi connectivity index (χ3v) is 5.19. The Labute approximate surface area is 171 Å². The Morgan fingerprint density at radius 1 is 1.25 bits per heavy atom. The Balaban J connectivity index is 2.35. The smallest absolute Gasteiger partial charge is 0.416 e. The highest BCUT2D eigenvalue weighted by atomic mass is 16.6. The number of carbonyl (C=O) groups excluding carboxylic acids is 1. The highest BCUT2D eigenvalue weighted by Gasteiger charge is 2.31. The van der Waals surface area contributed by atoms with Crippen LogP contribution in [0.5, 0.6) is 0 Å². The van der Waals surface area contributed by atoms with Crippen molar-refractivity contribution in [2.24, 2.45) is 0 Å². The summed E-state index contributed by atoms with van der Waals surface area (Å²) in [6.07, 6.45) is 9.45. The first-order chi connectivity index (χ1) is 13.4. The highest BCUT2D eigenvalue weighted by molar-refractivity contribution is 5.87. The zero-order valence-electron chi connectivity index (χ0n) is 18.5. The fourth-order valence-electron chi connectivity index (χ4n) is 3.78. The van der Waals surface area contributed by atoms with Crippen LogP contribution in [0.1, 0.15) is 91.2 Å². The molecule has 0 aromatic carbocycles. The molecule has 0 bridgehead atoms. The molecule has 0 radical (unpaired) electrons. The van der Waals surface area contributed by atoms with E-state index in [0.29, 0.717) is 12.6 Å². The number of hydrogen-bond acceptors (Lipinski definition) is 4. The molecule has 0 spiro atoms. The minimum Gasteiger partial charge on any atom is -0.443 e. The van der Waals surface area contributed by atoms with Gasteiger partial charge in [-0.1, -0.05) is 39.2 Å². The standard InChI is InChI=1S/C23H39N3O2/c1-6-8-16-25-17-11-10-14-20(25)19-13-12-15-24-21(19)26(18-9-7-2)22(27)28-23(3,4)5/h12-13,15,20H,6-11,14,16-18H2,1-5H3. The lowest BCUT2D eigenvalue weighted by atomic mass is 9.95. The van der Waals surface area contributed by atoms with Crippen LogP contribution in [0.3, 0.4) is 0 Å². The zero-order chi connectivity index (χ0) is 20.6. The van der Waals surface area contributed by atoms with Gasteiger partial charge in [0, 0.05) is 24.3 Å². The number of amides is 1. The highest BCUT2D eigenvalue weighted by Crippen LogP contribution is 2.36. The van der Waals surface area contributed by atoms with Gasteiger partial charge in [0.15, 0.2) is 0 Å². The van der Waals surface area contributed by atoms with Crippen LogP contribution in [-0.2, 0) is 4.74 Å². The first-order valence-corrected chi connectivity index (χ1v) is 11.1. The molecule has 2 rings (SSSR count). The number of piperidine rings is 1. The fraction of sp³-hybridized carbons (Fsp3) is 0.739. The van der Waals surface area contributed by atoms with E-state index in [9.17, 15) is 4.79 Å². The predicted molar refractivity (Wildman–Crippen MR) is 116 cm³/mol. The van der Waals surface area contributed by atoms with E-state index >= 15 is 0 Å². The topological polar surface area (TPSA) is 45.7 Å². The summed E-state index contributed by atoms with van der Waals surface area (Å²) in [6.45, 7) is 13.0. The van der Waals surface area contributed by atoms with E-state index in [-0.39, 0.29) is 6.09 Å². The second-order valence-electron chi connectivity index (χ2n) is 8.80. The third kappa shape index (κ3) is 6.47. The maximum atomic E-state index is 13.0. The Bertz CT molecular complexity index is 612. The molecule has 28 heavy (non-hydrogen) atoms. The molecule has 1 saturated heterocycles. The number of carbonyl (C=O) groups is 1. The van der Waals surface area contributed by atoms with Crippen LogP contribution in [0.2, 0.25) is 0 Å². The zero-order valence-corrected chi connectivity index (χ0v) is 18.5. The number of pyridine rings is 1. The molecule has 1 aliphatic rings. The lowest BCUT2D eigenvalue weighted by molar-refractivity contribution is 0.0577. The number of likely N-dealkylation sites (tertiary alicyclic amines) is 1. The Kier molecular flexibility index (Phi) is 8.74. The Morgan fingerprint density at radius 3 is 2.68 bits per heavy atom. The molecule has 0 N–H and O–H groups in total. The van der Waals surface area contributed by atoms with Gasteiger partial charge in [0.2, 0.25) is 0 Å². The van der Waals surface area contributed by atoms with Gasteiger partial charge in [0.05, 0.1) is 0 Å². The summed E-state index contributed by atoms with van der Waals surface area (Å²) in [5.41, 5.74) is 0.648. The molecule has 5 nitrogen and oxygen atoms in total. The summed E-state index contributed by atoms with van der Waals surface area (Å²) in [6, 6.07) is 4.48. The van der Waals surface area contributed by atoms with Crippen LogP contribution < -0.4 is 4.90 Å². The predicted octanol–water partition coefficient (Wildman–Crippen LogP) is 5.95. The summed E-state index contributed by atoms with van der Waals surface area (Å²) in [4.78, 5) is 22.0. The average Bonchev–Trinajstić information content (AvgIpc) is 2.66. The number of anilines is 1. The summed E-state index contributed by atoms with van der Waals surface area (Å²) >= 11 is 0. The normalized spacial score (nSPS) is 18.1. The van der Waals surface area contributed by atoms with Crippen molar-refractivity contribution in [3.63, 3.8) is 0 Å². The van der Waals surface area contributed by atoms with Crippen molar-refractivity contribution in [2.45, 2.75) is 91.2 Å². The quantitative estimate of drug-likeness (QED) is 0.551. The van der Waals surface area contributed by atoms with Crippen molar-refractivity contribution >= 4 is 11.9 Å². The Hall–Kier alpha value is -1.62. The van der Waals surface area contributed by atoms with Gasteiger partial charge in [-0.15, -0.1) is 0 Å². The van der Waals surface area contributed by atoms with Crippen LogP contribution in [-0.4, -0.2) is 41.2 Å². The Morgan fingerprint density at radius 2 is 2.00 bits per heavy atom. The molecule has 1 fully saturated rings. The largest absolute Gasteiger partial charge is 0.443 e. The summed E-state index contributed by atoms with van der Waals surface area (Å²) in [5, 5.41) is 0. The van der Waals surface area contributed by atoms with Crippen molar-refractivity contribution in [1.29, 1.82) is 0 Å². The number of aromatic nitrogens is 1. The molecule has 1 aromatic rings. The molecule has 0 saturated carbocycles. The van der Waals surface area contributed by atoms with E-state index in [1.165, 1.54) is 31.2 Å². The van der Waals surface area contributed by atoms with E-state index in [2.05, 4.69) is 29.8 Å². The van der Waals surface area contributed by atoms with E-state index in [1.807, 2.05) is 26.8 Å². The van der Waals surface area contributed by atoms with Gasteiger partial charge in [-0.3, -0.25) is 9.80 Å². The SMILES string of the molecule is CCCCN(C(=O)OC(C)(C)C)c1ncccc1C1CCCCN1CCCC. The van der Waals surface area contributed by atoms with E-state index < -0.39 is 5.60 Å². The molecule has 1 atom stereocenters. The minimum absolute atomic E-state index is 0.295. The van der Waals surface area contributed by atoms with E-state index in [1.54, 1.807) is 11.1 Å². The maximum absolute atomic E-state index is 13.0. The first-order valence-electron chi connectivity index (χ1n) is 11.1. The number of unbranched alkanes of at least 4 members (excludes halogenated alkanes) is 2. The lowest BCUT2D eigenvalue weighted by Gasteiger charge is -2.38. The summed E-state index contributed by atoms with van der Waals surface area (Å²) < 4.78 is 5.72. The molecule has 1 amide bonds. The average molecular weight is 390 g/mol. The fourth-order valence-corrected chi connectivity index (χ4v) is 3.78. The van der Waals surface area contributed by atoms with Crippen molar-refractivity contribution in [1.82, 2.24) is 9.88 Å². The van der Waals surface area contributed by atoms with Gasteiger partial charge in [0.25, 0.3) is 0 Å². The van der Waals surface area contributed by atoms with Crippen molar-refractivity contribution in [3.8, 4) is 0 Å². The molecular weight excluding hydrogens is 350 g/mol. The van der Waals surface area contributed by atoms with Gasteiger partial charge in [-0.2, -0.15) is 0 Å². The van der Waals surface area contributed by atoms with Gasteiger partial charge in [0.1, 0.15) is 11.4 Å². The number of hydrogen-bond donors (Lipinski definition) is 0. The number of nitrogens with zero attached hydrogens (tertiary/aromatic N) is 3. The maximum Gasteiger partial charge on any atom is 0.416 e. The lowest BCUT2D eigenvalue weighted by Crippen LogP contribution is -2.40. The van der Waals surface area contributed by atoms with Crippen LogP contribution in [0.15, 0.2) is 18.3 Å². The molecule has 2 heterocycles. The van der Waals surface area contributed by atoms with Crippen LogP contribution in [0.25, 0.3) is 0 Å². The van der Waals surface area contributed by atoms with E-state index in [0.717, 1.165) is 38.2 Å². The van der Waals surface area contributed by atoms with Crippen LogP contribution in [0, 0.1) is 0 Å². The van der Waals surface area contributed by atoms with Gasteiger partial charge < -0.3 is 4.74 Å². The van der Waals surface area contributed by atoms with Crippen LogP contribution >= 0.6 is 0 Å². The summed E-state index contributed by atoms with van der Waals surface area (Å²) in [5.74, 6) is 0.776. The van der Waals surface area contributed by atoms with Crippen LogP contribution in [0.4, 0.5) is 10.6 Å². The van der Waals surface area contributed by atoms with E-state index in [4.69, 9.17) is 4.74 Å². The van der Waals surface area contributed by atoms with Gasteiger partial charge in [-0.05, 0) is 65.6 Å². The molecule has 5 heteroatoms. The monoisotopic (exact) mass is 389 g/mol. The van der Waals surface area contributed by atoms with Crippen molar-refractivity contribution in [2.75, 3.05) is 24.5 Å². The van der Waals surface area contributed by atoms with Crippen molar-refractivity contribution < 1.29 is 9.53 Å². The third-order valence-electron chi connectivity index (χ3n) is 5.19. The molecule has 1 aromatic heterocycles. The van der Waals surface area contributed by atoms with Gasteiger partial charge in [-0.25, -0.2) is 9.78 Å². The number of ether oxygens (including phenoxy) is 1. The summed E-state index contributed by atoms with van der Waals surface area (Å²) in [7, 11) is 0. The molecule has 1 aliphatic heterocycles.